The van der Waals surface area contributed by atoms with Crippen LogP contribution in [0.5, 0.6) is 0 Å². The van der Waals surface area contributed by atoms with Gasteiger partial charge in [-0.05, 0) is 126 Å². The van der Waals surface area contributed by atoms with Crippen molar-refractivity contribution in [3.8, 4) is 44.5 Å². The van der Waals surface area contributed by atoms with Gasteiger partial charge in [-0.1, -0.05) is 172 Å². The van der Waals surface area contributed by atoms with E-state index in [4.69, 9.17) is 4.42 Å². The van der Waals surface area contributed by atoms with Crippen molar-refractivity contribution in [2.24, 2.45) is 0 Å². The lowest BCUT2D eigenvalue weighted by atomic mass is 9.79. The molecule has 12 rings (SSSR count). The fourth-order valence-corrected chi connectivity index (χ4v) is 10.1. The summed E-state index contributed by atoms with van der Waals surface area (Å²) < 4.78 is 6.62. The van der Waals surface area contributed by atoms with Crippen LogP contribution in [0.3, 0.4) is 0 Å². The van der Waals surface area contributed by atoms with Crippen LogP contribution in [0.25, 0.3) is 88.0 Å². The Balaban J connectivity index is 1.01. The highest BCUT2D eigenvalue weighted by atomic mass is 16.3. The molecular formula is C59H41NO. The molecule has 0 spiro atoms. The number of hydrogen-bond donors (Lipinski definition) is 0. The van der Waals surface area contributed by atoms with Gasteiger partial charge in [-0.3, -0.25) is 0 Å². The molecule has 2 nitrogen and oxygen atoms in total. The van der Waals surface area contributed by atoms with Crippen molar-refractivity contribution in [3.63, 3.8) is 0 Å². The number of fused-ring (bicyclic) bond motifs is 9. The minimum atomic E-state index is -0.104. The zero-order valence-corrected chi connectivity index (χ0v) is 34.1. The monoisotopic (exact) mass is 779 g/mol. The Morgan fingerprint density at radius 2 is 0.984 bits per heavy atom. The molecule has 1 aromatic heterocycles. The predicted octanol–water partition coefficient (Wildman–Crippen LogP) is 16.7. The average molecular weight is 780 g/mol. The normalized spacial score (nSPS) is 12.9. The lowest BCUT2D eigenvalue weighted by molar-refractivity contribution is 0.662. The Kier molecular flexibility index (Phi) is 7.92. The number of furan rings is 1. The molecular weight excluding hydrogens is 739 g/mol. The first-order valence-corrected chi connectivity index (χ1v) is 21.2. The number of rotatable bonds is 6. The molecule has 11 aromatic rings. The maximum atomic E-state index is 6.62. The Morgan fingerprint density at radius 3 is 1.84 bits per heavy atom. The van der Waals surface area contributed by atoms with E-state index in [0.29, 0.717) is 0 Å². The first kappa shape index (κ1) is 35.3. The Bertz CT molecular complexity index is 3520. The van der Waals surface area contributed by atoms with E-state index in [1.807, 2.05) is 0 Å². The molecule has 1 aliphatic rings. The molecule has 0 fully saturated rings. The zero-order valence-electron chi connectivity index (χ0n) is 34.1. The van der Waals surface area contributed by atoms with Crippen LogP contribution in [0.2, 0.25) is 0 Å². The second-order valence-electron chi connectivity index (χ2n) is 16.9. The molecule has 0 radical (unpaired) electrons. The van der Waals surface area contributed by atoms with E-state index < -0.39 is 0 Å². The third kappa shape index (κ3) is 5.64. The Morgan fingerprint density at radius 1 is 0.377 bits per heavy atom. The summed E-state index contributed by atoms with van der Waals surface area (Å²) in [4.78, 5) is 2.40. The van der Waals surface area contributed by atoms with Crippen molar-refractivity contribution < 1.29 is 4.42 Å². The van der Waals surface area contributed by atoms with Crippen LogP contribution in [0.1, 0.15) is 25.0 Å². The third-order valence-corrected chi connectivity index (χ3v) is 13.0. The van der Waals surface area contributed by atoms with Gasteiger partial charge < -0.3 is 9.32 Å². The molecule has 0 atom stereocenters. The van der Waals surface area contributed by atoms with Crippen molar-refractivity contribution >= 4 is 60.5 Å². The van der Waals surface area contributed by atoms with E-state index in [9.17, 15) is 0 Å². The lowest BCUT2D eigenvalue weighted by Gasteiger charge is -2.27. The van der Waals surface area contributed by atoms with E-state index in [2.05, 4.69) is 231 Å². The van der Waals surface area contributed by atoms with Gasteiger partial charge in [-0.15, -0.1) is 0 Å². The highest BCUT2D eigenvalue weighted by Gasteiger charge is 2.37. The second-order valence-corrected chi connectivity index (χ2v) is 16.9. The van der Waals surface area contributed by atoms with Gasteiger partial charge in [0.15, 0.2) is 0 Å². The molecule has 0 saturated heterocycles. The summed E-state index contributed by atoms with van der Waals surface area (Å²) in [6, 6.07) is 77.4. The van der Waals surface area contributed by atoms with Crippen LogP contribution in [-0.4, -0.2) is 0 Å². The summed E-state index contributed by atoms with van der Waals surface area (Å²) in [5, 5.41) is 7.05. The van der Waals surface area contributed by atoms with Crippen molar-refractivity contribution in [3.05, 3.63) is 223 Å². The van der Waals surface area contributed by atoms with Crippen molar-refractivity contribution in [2.75, 3.05) is 4.90 Å². The molecule has 0 aliphatic heterocycles. The van der Waals surface area contributed by atoms with Crippen molar-refractivity contribution in [2.45, 2.75) is 19.3 Å². The minimum Gasteiger partial charge on any atom is -0.455 e. The number of nitrogens with zero attached hydrogens (tertiary/aromatic N) is 1. The number of hydrogen-bond acceptors (Lipinski definition) is 2. The van der Waals surface area contributed by atoms with Crippen molar-refractivity contribution in [1.29, 1.82) is 0 Å². The molecule has 0 bridgehead atoms. The molecule has 2 heteroatoms. The molecule has 1 heterocycles. The molecule has 0 unspecified atom stereocenters. The van der Waals surface area contributed by atoms with Crippen LogP contribution in [-0.2, 0) is 5.41 Å². The first-order chi connectivity index (χ1) is 30.0. The molecule has 0 saturated carbocycles. The summed E-state index contributed by atoms with van der Waals surface area (Å²) >= 11 is 0. The summed E-state index contributed by atoms with van der Waals surface area (Å²) in [6.07, 6.45) is 0. The summed E-state index contributed by atoms with van der Waals surface area (Å²) in [5.74, 6) is 0. The lowest BCUT2D eigenvalue weighted by Crippen LogP contribution is -2.16. The highest BCUT2D eigenvalue weighted by molar-refractivity contribution is 6.19. The van der Waals surface area contributed by atoms with Crippen molar-refractivity contribution in [1.82, 2.24) is 0 Å². The fraction of sp³-hybridized carbons (Fsp3) is 0.0508. The fourth-order valence-electron chi connectivity index (χ4n) is 10.1. The van der Waals surface area contributed by atoms with Gasteiger partial charge >= 0.3 is 0 Å². The maximum absolute atomic E-state index is 6.62. The smallest absolute Gasteiger partial charge is 0.143 e. The Labute approximate surface area is 355 Å². The Hall–Kier alpha value is -7.68. The third-order valence-electron chi connectivity index (χ3n) is 13.0. The van der Waals surface area contributed by atoms with Gasteiger partial charge in [0.2, 0.25) is 0 Å². The summed E-state index contributed by atoms with van der Waals surface area (Å²) in [7, 11) is 0. The van der Waals surface area contributed by atoms with Gasteiger partial charge in [0.25, 0.3) is 0 Å². The van der Waals surface area contributed by atoms with Crippen LogP contribution < -0.4 is 4.90 Å². The van der Waals surface area contributed by atoms with E-state index in [1.54, 1.807) is 0 Å². The average Bonchev–Trinajstić information content (AvgIpc) is 3.82. The topological polar surface area (TPSA) is 16.4 Å². The molecule has 0 N–H and O–H groups in total. The maximum Gasteiger partial charge on any atom is 0.143 e. The molecule has 61 heavy (non-hydrogen) atoms. The van der Waals surface area contributed by atoms with Gasteiger partial charge in [0.1, 0.15) is 11.2 Å². The van der Waals surface area contributed by atoms with Crippen LogP contribution in [0.15, 0.2) is 217 Å². The van der Waals surface area contributed by atoms with Crippen LogP contribution >= 0.6 is 0 Å². The van der Waals surface area contributed by atoms with Gasteiger partial charge in [-0.25, -0.2) is 0 Å². The number of benzene rings is 10. The van der Waals surface area contributed by atoms with E-state index in [-0.39, 0.29) is 5.41 Å². The molecule has 288 valence electrons. The van der Waals surface area contributed by atoms with Crippen LogP contribution in [0, 0.1) is 0 Å². The van der Waals surface area contributed by atoms with Gasteiger partial charge in [0, 0.05) is 38.6 Å². The van der Waals surface area contributed by atoms with Crippen LogP contribution in [0.4, 0.5) is 17.1 Å². The summed E-state index contributed by atoms with van der Waals surface area (Å²) in [6.45, 7) is 4.73. The van der Waals surface area contributed by atoms with E-state index in [0.717, 1.165) is 55.5 Å². The highest BCUT2D eigenvalue weighted by Crippen LogP contribution is 2.52. The SMILES string of the molecule is CC1(C)c2ccccc2-c2cccc(-c3ccc(N(c4cccc(-c5ccc6ccccc6c5)c4)c4cccc(-c5cccc6oc7c8ccccc8ccc7c56)c4)cc3)c21. The quantitative estimate of drug-likeness (QED) is 0.167. The van der Waals surface area contributed by atoms with E-state index in [1.165, 1.54) is 60.7 Å². The molecule has 0 amide bonds. The second kappa shape index (κ2) is 13.7. The number of anilines is 3. The predicted molar refractivity (Wildman–Crippen MR) is 257 cm³/mol. The standard InChI is InChI=1S/C59H41NO/c1-59(2)54-25-8-7-21-51(54)52-24-11-23-49(57(52)59)40-29-32-45(33-30-40)60(46-18-9-16-42(36-46)43-28-27-38-13-3-4-15-41(38)35-43)47-19-10-17-44(37-47)48-22-12-26-55-56(48)53-34-31-39-14-5-6-20-50(39)58(53)61-55/h3-37H,1-2H3. The largest absolute Gasteiger partial charge is 0.455 e. The first-order valence-electron chi connectivity index (χ1n) is 21.2. The zero-order chi connectivity index (χ0) is 40.7. The minimum absolute atomic E-state index is 0.104. The molecule has 1 aliphatic carbocycles. The molecule has 10 aromatic carbocycles. The van der Waals surface area contributed by atoms with Gasteiger partial charge in [0.05, 0.1) is 0 Å². The summed E-state index contributed by atoms with van der Waals surface area (Å²) in [5.41, 5.74) is 17.6. The van der Waals surface area contributed by atoms with Gasteiger partial charge in [-0.2, -0.15) is 0 Å². The van der Waals surface area contributed by atoms with E-state index >= 15 is 0 Å².